The van der Waals surface area contributed by atoms with Crippen molar-refractivity contribution in [2.75, 3.05) is 0 Å². The zero-order valence-corrected chi connectivity index (χ0v) is 9.43. The molecule has 2 aliphatic carbocycles. The van der Waals surface area contributed by atoms with Crippen LogP contribution < -0.4 is 4.74 Å². The lowest BCUT2D eigenvalue weighted by Crippen LogP contribution is -2.00. The van der Waals surface area contributed by atoms with Crippen molar-refractivity contribution >= 4 is 0 Å². The summed E-state index contributed by atoms with van der Waals surface area (Å²) in [6, 6.07) is 8.41. The van der Waals surface area contributed by atoms with E-state index in [2.05, 4.69) is 18.2 Å². The van der Waals surface area contributed by atoms with Crippen molar-refractivity contribution in [1.82, 2.24) is 0 Å². The predicted molar refractivity (Wildman–Crippen MR) is 62.7 cm³/mol. The third kappa shape index (κ3) is 2.22. The van der Waals surface area contributed by atoms with E-state index in [4.69, 9.17) is 4.74 Å². The fourth-order valence-electron chi connectivity index (χ4n) is 2.48. The Morgan fingerprint density at radius 2 is 2.00 bits per heavy atom. The third-order valence-electron chi connectivity index (χ3n) is 3.56. The minimum atomic E-state index is -0.0991. The van der Waals surface area contributed by atoms with Gasteiger partial charge in [-0.25, -0.2) is 0 Å². The summed E-state index contributed by atoms with van der Waals surface area (Å²) in [6.07, 6.45) is 5.72. The van der Waals surface area contributed by atoms with Crippen LogP contribution >= 0.6 is 0 Å². The highest BCUT2D eigenvalue weighted by atomic mass is 16.5. The Bertz CT molecular complexity index is 371. The molecule has 3 rings (SSSR count). The van der Waals surface area contributed by atoms with E-state index in [0.29, 0.717) is 12.0 Å². The molecule has 0 radical (unpaired) electrons. The maximum atomic E-state index is 9.55. The van der Waals surface area contributed by atoms with Crippen LogP contribution in [-0.4, -0.2) is 17.3 Å². The molecule has 0 saturated heterocycles. The summed E-state index contributed by atoms with van der Waals surface area (Å²) < 4.78 is 5.79. The van der Waals surface area contributed by atoms with Gasteiger partial charge in [-0.15, -0.1) is 0 Å². The molecule has 0 amide bonds. The first kappa shape index (κ1) is 10.2. The van der Waals surface area contributed by atoms with Crippen LogP contribution in [0.4, 0.5) is 0 Å². The Hall–Kier alpha value is -1.02. The molecule has 2 atom stereocenters. The largest absolute Gasteiger partial charge is 0.490 e. The number of ether oxygens (including phenoxy) is 1. The van der Waals surface area contributed by atoms with Gasteiger partial charge in [0.1, 0.15) is 5.75 Å². The summed E-state index contributed by atoms with van der Waals surface area (Å²) in [6.45, 7) is 0. The fraction of sp³-hybridized carbons (Fsp3) is 0.571. The van der Waals surface area contributed by atoms with Crippen LogP contribution in [-0.2, 0) is 0 Å². The highest BCUT2D eigenvalue weighted by Crippen LogP contribution is 2.36. The molecule has 0 aliphatic heterocycles. The molecule has 16 heavy (non-hydrogen) atoms. The molecular formula is C14H18O2. The number of hydrogen-bond acceptors (Lipinski definition) is 2. The number of benzene rings is 1. The van der Waals surface area contributed by atoms with Crippen molar-refractivity contribution in [1.29, 1.82) is 0 Å². The normalized spacial score (nSPS) is 29.3. The van der Waals surface area contributed by atoms with E-state index in [9.17, 15) is 5.11 Å². The van der Waals surface area contributed by atoms with E-state index >= 15 is 0 Å². The molecule has 0 bridgehead atoms. The summed E-state index contributed by atoms with van der Waals surface area (Å²) in [5, 5.41) is 9.55. The van der Waals surface area contributed by atoms with Gasteiger partial charge in [0.05, 0.1) is 12.2 Å². The molecule has 2 aliphatic rings. The fourth-order valence-corrected chi connectivity index (χ4v) is 2.48. The molecule has 0 heterocycles. The third-order valence-corrected chi connectivity index (χ3v) is 3.56. The van der Waals surface area contributed by atoms with Crippen molar-refractivity contribution in [2.24, 2.45) is 0 Å². The van der Waals surface area contributed by atoms with Crippen molar-refractivity contribution in [3.8, 4) is 5.75 Å². The summed E-state index contributed by atoms with van der Waals surface area (Å²) in [4.78, 5) is 0. The van der Waals surface area contributed by atoms with E-state index in [1.54, 1.807) is 0 Å². The standard InChI is InChI=1S/C14H18O2/c15-12-5-4-11(8-12)10-2-1-3-14(9-10)16-13-6-7-13/h1-3,9,11-13,15H,4-8H2. The summed E-state index contributed by atoms with van der Waals surface area (Å²) >= 11 is 0. The average molecular weight is 218 g/mol. The highest BCUT2D eigenvalue weighted by molar-refractivity contribution is 5.32. The van der Waals surface area contributed by atoms with Gasteiger partial charge in [-0.3, -0.25) is 0 Å². The van der Waals surface area contributed by atoms with Crippen LogP contribution in [0.3, 0.4) is 0 Å². The van der Waals surface area contributed by atoms with Crippen LogP contribution in [0.2, 0.25) is 0 Å². The quantitative estimate of drug-likeness (QED) is 0.845. The van der Waals surface area contributed by atoms with Gasteiger partial charge in [0.25, 0.3) is 0 Å². The van der Waals surface area contributed by atoms with Gasteiger partial charge in [0.15, 0.2) is 0 Å². The van der Waals surface area contributed by atoms with Crippen LogP contribution in [0.1, 0.15) is 43.6 Å². The van der Waals surface area contributed by atoms with Crippen molar-refractivity contribution in [3.63, 3.8) is 0 Å². The van der Waals surface area contributed by atoms with E-state index < -0.39 is 0 Å². The van der Waals surface area contributed by atoms with Gasteiger partial charge in [-0.05, 0) is 55.7 Å². The second-order valence-corrected chi connectivity index (χ2v) is 5.05. The number of aliphatic hydroxyl groups is 1. The van der Waals surface area contributed by atoms with Crippen molar-refractivity contribution < 1.29 is 9.84 Å². The first-order chi connectivity index (χ1) is 7.81. The molecule has 0 spiro atoms. The average Bonchev–Trinajstić information content (AvgIpc) is 2.98. The summed E-state index contributed by atoms with van der Waals surface area (Å²) in [5.41, 5.74) is 1.33. The molecule has 2 unspecified atom stereocenters. The van der Waals surface area contributed by atoms with E-state index in [0.717, 1.165) is 25.0 Å². The molecule has 1 N–H and O–H groups in total. The number of hydrogen-bond donors (Lipinski definition) is 1. The van der Waals surface area contributed by atoms with Crippen LogP contribution in [0, 0.1) is 0 Å². The number of aliphatic hydroxyl groups excluding tert-OH is 1. The summed E-state index contributed by atoms with van der Waals surface area (Å²) in [7, 11) is 0. The van der Waals surface area contributed by atoms with Crippen LogP contribution in [0.25, 0.3) is 0 Å². The van der Waals surface area contributed by atoms with Gasteiger partial charge in [0.2, 0.25) is 0 Å². The molecule has 2 nitrogen and oxygen atoms in total. The Morgan fingerprint density at radius 3 is 2.69 bits per heavy atom. The van der Waals surface area contributed by atoms with E-state index in [1.807, 2.05) is 6.07 Å². The van der Waals surface area contributed by atoms with Gasteiger partial charge in [-0.2, -0.15) is 0 Å². The molecule has 1 aromatic rings. The Morgan fingerprint density at radius 1 is 1.12 bits per heavy atom. The second-order valence-electron chi connectivity index (χ2n) is 5.05. The Balaban J connectivity index is 1.73. The minimum Gasteiger partial charge on any atom is -0.490 e. The molecule has 2 fully saturated rings. The molecule has 0 aromatic heterocycles. The van der Waals surface area contributed by atoms with Gasteiger partial charge in [0, 0.05) is 0 Å². The number of rotatable bonds is 3. The zero-order chi connectivity index (χ0) is 11.0. The van der Waals surface area contributed by atoms with Crippen molar-refractivity contribution in [2.45, 2.75) is 50.2 Å². The van der Waals surface area contributed by atoms with Gasteiger partial charge < -0.3 is 9.84 Å². The maximum absolute atomic E-state index is 9.55. The van der Waals surface area contributed by atoms with Gasteiger partial charge >= 0.3 is 0 Å². The van der Waals surface area contributed by atoms with Crippen molar-refractivity contribution in [3.05, 3.63) is 29.8 Å². The lowest BCUT2D eigenvalue weighted by molar-refractivity contribution is 0.181. The highest BCUT2D eigenvalue weighted by Gasteiger charge is 2.26. The van der Waals surface area contributed by atoms with Crippen LogP contribution in [0.5, 0.6) is 5.75 Å². The first-order valence-electron chi connectivity index (χ1n) is 6.26. The molecule has 1 aromatic carbocycles. The summed E-state index contributed by atoms with van der Waals surface area (Å²) in [5.74, 6) is 1.53. The zero-order valence-electron chi connectivity index (χ0n) is 9.43. The second kappa shape index (κ2) is 4.10. The predicted octanol–water partition coefficient (Wildman–Crippen LogP) is 2.86. The minimum absolute atomic E-state index is 0.0991. The Labute approximate surface area is 96.2 Å². The van der Waals surface area contributed by atoms with E-state index in [1.165, 1.54) is 18.4 Å². The Kier molecular flexibility index (Phi) is 2.60. The lowest BCUT2D eigenvalue weighted by atomic mass is 9.97. The monoisotopic (exact) mass is 218 g/mol. The topological polar surface area (TPSA) is 29.5 Å². The first-order valence-corrected chi connectivity index (χ1v) is 6.26. The maximum Gasteiger partial charge on any atom is 0.119 e. The smallest absolute Gasteiger partial charge is 0.119 e. The SMILES string of the molecule is OC1CCC(c2cccc(OC3CC3)c2)C1. The molecule has 2 heteroatoms. The molecule has 2 saturated carbocycles. The van der Waals surface area contributed by atoms with Gasteiger partial charge in [-0.1, -0.05) is 12.1 Å². The molecular weight excluding hydrogens is 200 g/mol. The van der Waals surface area contributed by atoms with Crippen LogP contribution in [0.15, 0.2) is 24.3 Å². The molecule has 86 valence electrons. The lowest BCUT2D eigenvalue weighted by Gasteiger charge is -2.12. The van der Waals surface area contributed by atoms with E-state index in [-0.39, 0.29) is 6.10 Å².